The number of H-pyrrole nitrogens is 1. The summed E-state index contributed by atoms with van der Waals surface area (Å²) >= 11 is 0. The van der Waals surface area contributed by atoms with Gasteiger partial charge in [0.2, 0.25) is 11.8 Å². The predicted octanol–water partition coefficient (Wildman–Crippen LogP) is 5.63. The molecule has 0 bridgehead atoms. The monoisotopic (exact) mass is 566 g/mol. The van der Waals surface area contributed by atoms with E-state index in [9.17, 15) is 13.2 Å². The molecule has 2 saturated carbocycles. The van der Waals surface area contributed by atoms with E-state index in [1.807, 2.05) is 0 Å². The van der Waals surface area contributed by atoms with Gasteiger partial charge in [0.05, 0.1) is 18.2 Å². The highest BCUT2D eigenvalue weighted by atomic mass is 19.4. The van der Waals surface area contributed by atoms with Gasteiger partial charge in [-0.25, -0.2) is 29.3 Å². The number of hydrogen-bond donors (Lipinski definition) is 1. The molecular formula is C27H22F4N8O2. The molecule has 1 N–H and O–H groups in total. The Kier molecular flexibility index (Phi) is 5.87. The molecule has 10 nitrogen and oxygen atoms in total. The highest BCUT2D eigenvalue weighted by Crippen LogP contribution is 2.45. The molecule has 0 spiro atoms. The van der Waals surface area contributed by atoms with E-state index in [4.69, 9.17) is 9.47 Å². The summed E-state index contributed by atoms with van der Waals surface area (Å²) in [6.07, 6.45) is 4.17. The third kappa shape index (κ3) is 4.72. The SMILES string of the molecule is COc1ncnc(C2CC2)c1-c1nc(OCc2cnc(-c3nc(C(F)(F)F)cn3C3CC3)c(F)c2)c2cc[nH]c2n1. The van der Waals surface area contributed by atoms with E-state index in [1.165, 1.54) is 30.3 Å². The molecule has 0 aliphatic heterocycles. The van der Waals surface area contributed by atoms with Crippen molar-refractivity contribution in [3.63, 3.8) is 0 Å². The molecule has 0 amide bonds. The number of rotatable bonds is 8. The fourth-order valence-electron chi connectivity index (χ4n) is 4.76. The number of hydrogen-bond acceptors (Lipinski definition) is 8. The maximum atomic E-state index is 15.2. The summed E-state index contributed by atoms with van der Waals surface area (Å²) in [5.41, 5.74) is 0.930. The van der Waals surface area contributed by atoms with Crippen LogP contribution in [0.5, 0.6) is 11.8 Å². The Hall–Kier alpha value is -4.62. The summed E-state index contributed by atoms with van der Waals surface area (Å²) in [7, 11) is 1.51. The van der Waals surface area contributed by atoms with Gasteiger partial charge in [-0.2, -0.15) is 18.2 Å². The number of ether oxygens (including phenoxy) is 2. The van der Waals surface area contributed by atoms with Gasteiger partial charge in [-0.15, -0.1) is 0 Å². The lowest BCUT2D eigenvalue weighted by atomic mass is 10.1. The number of methoxy groups -OCH3 is 1. The summed E-state index contributed by atoms with van der Waals surface area (Å²) in [5.74, 6) is 0.222. The van der Waals surface area contributed by atoms with Crippen LogP contribution in [0.2, 0.25) is 0 Å². The average Bonchev–Trinajstić information content (AvgIpc) is 3.89. The van der Waals surface area contributed by atoms with Crippen molar-refractivity contribution in [3.05, 3.63) is 59.8 Å². The largest absolute Gasteiger partial charge is 0.480 e. The van der Waals surface area contributed by atoms with Crippen LogP contribution in [-0.2, 0) is 12.8 Å². The molecule has 2 fully saturated rings. The Balaban J connectivity index is 1.19. The molecule has 5 aromatic heterocycles. The van der Waals surface area contributed by atoms with Crippen molar-refractivity contribution in [2.75, 3.05) is 7.11 Å². The van der Waals surface area contributed by atoms with Gasteiger partial charge in [0.15, 0.2) is 23.2 Å². The quantitative estimate of drug-likeness (QED) is 0.240. The lowest BCUT2D eigenvalue weighted by Gasteiger charge is -2.13. The molecule has 0 unspecified atom stereocenters. The van der Waals surface area contributed by atoms with Crippen molar-refractivity contribution < 1.29 is 27.0 Å². The number of alkyl halides is 3. The van der Waals surface area contributed by atoms with Crippen molar-refractivity contribution in [2.24, 2.45) is 0 Å². The molecule has 0 radical (unpaired) electrons. The molecular weight excluding hydrogens is 544 g/mol. The predicted molar refractivity (Wildman–Crippen MR) is 136 cm³/mol. The molecule has 0 aromatic carbocycles. The minimum Gasteiger partial charge on any atom is -0.480 e. The second-order valence-electron chi connectivity index (χ2n) is 10.1. The number of aromatic nitrogens is 8. The van der Waals surface area contributed by atoms with Gasteiger partial charge in [0.1, 0.15) is 29.8 Å². The Labute approximate surface area is 229 Å². The molecule has 5 heterocycles. The molecule has 2 aliphatic rings. The minimum absolute atomic E-state index is 0.107. The standard InChI is InChI=1S/C27H22F4N8O2/c1-40-26-19(20(14-2-3-14)34-12-35-26)23-37-22-16(6-7-32-22)25(38-23)41-11-13-8-17(28)21(33-9-13)24-36-18(27(29,30)31)10-39(24)15-4-5-15/h6-10,12,14-15H,2-5,11H2,1H3,(H,32,37,38). The van der Waals surface area contributed by atoms with E-state index in [0.717, 1.165) is 24.7 Å². The Bertz CT molecular complexity index is 1780. The molecule has 41 heavy (non-hydrogen) atoms. The van der Waals surface area contributed by atoms with Crippen molar-refractivity contribution in [3.8, 4) is 34.7 Å². The zero-order valence-corrected chi connectivity index (χ0v) is 21.6. The van der Waals surface area contributed by atoms with Crippen LogP contribution in [0.25, 0.3) is 33.9 Å². The van der Waals surface area contributed by atoms with Gasteiger partial charge >= 0.3 is 6.18 Å². The Morgan fingerprint density at radius 2 is 1.88 bits per heavy atom. The normalized spacial score (nSPS) is 15.4. The van der Waals surface area contributed by atoms with Gasteiger partial charge in [-0.1, -0.05) is 0 Å². The lowest BCUT2D eigenvalue weighted by molar-refractivity contribution is -0.140. The average molecular weight is 567 g/mol. The minimum atomic E-state index is -4.64. The van der Waals surface area contributed by atoms with Crippen LogP contribution >= 0.6 is 0 Å². The van der Waals surface area contributed by atoms with Crippen LogP contribution in [-0.4, -0.2) is 46.6 Å². The summed E-state index contributed by atoms with van der Waals surface area (Å²) in [6, 6.07) is 2.78. The topological polar surface area (TPSA) is 117 Å². The summed E-state index contributed by atoms with van der Waals surface area (Å²) in [4.78, 5) is 28.8. The number of nitrogens with one attached hydrogen (secondary N) is 1. The number of nitrogens with zero attached hydrogens (tertiary/aromatic N) is 7. The molecule has 7 rings (SSSR count). The summed E-state index contributed by atoms with van der Waals surface area (Å²) < 4.78 is 68.0. The van der Waals surface area contributed by atoms with Gasteiger partial charge in [-0.05, 0) is 37.8 Å². The summed E-state index contributed by atoms with van der Waals surface area (Å²) in [6.45, 7) is -0.107. The van der Waals surface area contributed by atoms with Crippen LogP contribution in [0.15, 0.2) is 37.1 Å². The van der Waals surface area contributed by atoms with Gasteiger partial charge in [0, 0.05) is 36.1 Å². The maximum Gasteiger partial charge on any atom is 0.434 e. The summed E-state index contributed by atoms with van der Waals surface area (Å²) in [5, 5.41) is 0.605. The van der Waals surface area contributed by atoms with E-state index < -0.39 is 17.7 Å². The molecule has 0 atom stereocenters. The highest BCUT2D eigenvalue weighted by Gasteiger charge is 2.38. The second-order valence-corrected chi connectivity index (χ2v) is 10.1. The number of halogens is 4. The van der Waals surface area contributed by atoms with Gasteiger partial charge in [0.25, 0.3) is 0 Å². The van der Waals surface area contributed by atoms with E-state index >= 15 is 4.39 Å². The molecule has 2 aliphatic carbocycles. The first-order chi connectivity index (χ1) is 19.8. The fourth-order valence-corrected chi connectivity index (χ4v) is 4.76. The zero-order valence-electron chi connectivity index (χ0n) is 21.6. The number of aromatic amines is 1. The van der Waals surface area contributed by atoms with E-state index in [-0.39, 0.29) is 36.0 Å². The van der Waals surface area contributed by atoms with E-state index in [0.29, 0.717) is 46.7 Å². The highest BCUT2D eigenvalue weighted by molar-refractivity contribution is 5.83. The van der Waals surface area contributed by atoms with Crippen molar-refractivity contribution in [1.82, 2.24) is 39.5 Å². The molecule has 0 saturated heterocycles. The Morgan fingerprint density at radius 1 is 1.05 bits per heavy atom. The van der Waals surface area contributed by atoms with Crippen LogP contribution in [0.3, 0.4) is 0 Å². The first kappa shape index (κ1) is 25.4. The molecule has 14 heteroatoms. The fraction of sp³-hybridized carbons (Fsp3) is 0.333. The van der Waals surface area contributed by atoms with Crippen molar-refractivity contribution in [1.29, 1.82) is 0 Å². The maximum absolute atomic E-state index is 15.2. The molecule has 210 valence electrons. The van der Waals surface area contributed by atoms with Gasteiger partial charge in [-0.3, -0.25) is 0 Å². The van der Waals surface area contributed by atoms with Crippen molar-refractivity contribution in [2.45, 2.75) is 50.4 Å². The molecule has 5 aromatic rings. The third-order valence-electron chi connectivity index (χ3n) is 7.05. The zero-order chi connectivity index (χ0) is 28.3. The third-order valence-corrected chi connectivity index (χ3v) is 7.05. The Morgan fingerprint density at radius 3 is 2.59 bits per heavy atom. The number of pyridine rings is 1. The first-order valence-corrected chi connectivity index (χ1v) is 13.0. The van der Waals surface area contributed by atoms with Crippen LogP contribution in [0.1, 0.15) is 54.6 Å². The lowest BCUT2D eigenvalue weighted by Crippen LogP contribution is -2.06. The van der Waals surface area contributed by atoms with Crippen LogP contribution in [0.4, 0.5) is 17.6 Å². The number of fused-ring (bicyclic) bond motifs is 1. The second kappa shape index (κ2) is 9.49. The van der Waals surface area contributed by atoms with E-state index in [1.54, 1.807) is 12.3 Å². The van der Waals surface area contributed by atoms with Gasteiger partial charge < -0.3 is 19.0 Å². The van der Waals surface area contributed by atoms with E-state index in [2.05, 4.69) is 34.9 Å². The number of imidazole rings is 1. The smallest absolute Gasteiger partial charge is 0.434 e. The first-order valence-electron chi connectivity index (χ1n) is 13.0. The van der Waals surface area contributed by atoms with Crippen molar-refractivity contribution >= 4 is 11.0 Å². The van der Waals surface area contributed by atoms with Crippen LogP contribution in [0, 0.1) is 5.82 Å². The van der Waals surface area contributed by atoms with Crippen LogP contribution < -0.4 is 9.47 Å².